The van der Waals surface area contributed by atoms with E-state index in [1.54, 1.807) is 24.3 Å². The van der Waals surface area contributed by atoms with Crippen LogP contribution in [0.1, 0.15) is 36.8 Å². The molecule has 0 aliphatic carbocycles. The van der Waals surface area contributed by atoms with Crippen molar-refractivity contribution in [3.8, 4) is 0 Å². The molecule has 3 fully saturated rings. The molecule has 10 heteroatoms. The van der Waals surface area contributed by atoms with E-state index in [1.807, 2.05) is 25.1 Å². The summed E-state index contributed by atoms with van der Waals surface area (Å²) in [5.41, 5.74) is 2.23. The van der Waals surface area contributed by atoms with Crippen molar-refractivity contribution in [2.45, 2.75) is 74.4 Å². The number of rotatable bonds is 7. The average Bonchev–Trinajstić information content (AvgIpc) is 3.33. The highest BCUT2D eigenvalue weighted by atomic mass is 32.2. The van der Waals surface area contributed by atoms with Crippen LogP contribution in [0.3, 0.4) is 0 Å². The number of sulfonamides is 1. The molecular formula is C29H39N3O6S. The zero-order valence-electron chi connectivity index (χ0n) is 22.4. The van der Waals surface area contributed by atoms with Gasteiger partial charge in [-0.05, 0) is 43.9 Å². The number of carbonyl (C=O) groups is 1. The van der Waals surface area contributed by atoms with Crippen LogP contribution in [0, 0.1) is 6.92 Å². The molecule has 0 aromatic heterocycles. The summed E-state index contributed by atoms with van der Waals surface area (Å²) < 4.78 is 40.5. The van der Waals surface area contributed by atoms with Gasteiger partial charge in [-0.3, -0.25) is 9.69 Å². The first-order valence-electron chi connectivity index (χ1n) is 13.8. The Balaban J connectivity index is 1.18. The van der Waals surface area contributed by atoms with Crippen molar-refractivity contribution in [3.05, 3.63) is 65.7 Å². The minimum atomic E-state index is -3.85. The van der Waals surface area contributed by atoms with Crippen molar-refractivity contribution in [1.29, 1.82) is 0 Å². The molecule has 0 bridgehead atoms. The molecule has 0 saturated carbocycles. The van der Waals surface area contributed by atoms with Gasteiger partial charge in [0.05, 0.1) is 48.9 Å². The van der Waals surface area contributed by atoms with Crippen LogP contribution in [0.4, 0.5) is 0 Å². The summed E-state index contributed by atoms with van der Waals surface area (Å²) in [5.74, 6) is -0.0451. The fourth-order valence-corrected chi connectivity index (χ4v) is 7.56. The standard InChI is InChI=1S/C29H39N3O6S/c1-21-7-10-26(11-8-21)39(35,36)32-18-24(33)19-37-20-28-27(32)12-9-25(38-28)15-29(34)30-23-13-14-31(17-23)16-22-5-3-2-4-6-22/h2-8,10-11,23-25,27-28,33H,9,12-20H2,1H3,(H,30,34)/t23-,24-,25-,27+,28-/m1/s1. The third-order valence-corrected chi connectivity index (χ3v) is 9.77. The number of hydrogen-bond donors (Lipinski definition) is 2. The molecule has 0 unspecified atom stereocenters. The zero-order chi connectivity index (χ0) is 27.4. The SMILES string of the molecule is Cc1ccc(S(=O)(=O)N2C[C@@H](O)COC[C@H]3O[C@@H](CC(=O)N[C@@H]4CCN(Cc5ccccc5)C4)CC[C@@H]32)cc1. The number of aliphatic hydroxyl groups excluding tert-OH is 1. The summed E-state index contributed by atoms with van der Waals surface area (Å²) in [7, 11) is -3.85. The Kier molecular flexibility index (Phi) is 9.00. The lowest BCUT2D eigenvalue weighted by molar-refractivity contribution is -0.146. The van der Waals surface area contributed by atoms with E-state index in [2.05, 4.69) is 22.3 Å². The van der Waals surface area contributed by atoms with Crippen LogP contribution in [-0.4, -0.2) is 91.9 Å². The number of β-amino-alcohol motifs (C(OH)–C–C–N with tert-alkyl or cyclic N) is 1. The number of nitrogens with one attached hydrogen (secondary N) is 1. The Hall–Kier alpha value is -2.34. The van der Waals surface area contributed by atoms with Gasteiger partial charge in [0, 0.05) is 32.2 Å². The van der Waals surface area contributed by atoms with E-state index >= 15 is 0 Å². The van der Waals surface area contributed by atoms with Crippen LogP contribution in [-0.2, 0) is 30.8 Å². The second-order valence-electron chi connectivity index (χ2n) is 11.0. The van der Waals surface area contributed by atoms with Crippen molar-refractivity contribution >= 4 is 15.9 Å². The molecule has 0 radical (unpaired) electrons. The maximum atomic E-state index is 13.6. The molecule has 3 saturated heterocycles. The fraction of sp³-hybridized carbons (Fsp3) is 0.552. The van der Waals surface area contributed by atoms with Crippen LogP contribution < -0.4 is 5.32 Å². The smallest absolute Gasteiger partial charge is 0.243 e. The van der Waals surface area contributed by atoms with Crippen LogP contribution in [0.15, 0.2) is 59.5 Å². The number of aliphatic hydroxyl groups is 1. The van der Waals surface area contributed by atoms with Gasteiger partial charge < -0.3 is 19.9 Å². The number of amides is 1. The molecule has 2 aromatic carbocycles. The van der Waals surface area contributed by atoms with Gasteiger partial charge in [-0.2, -0.15) is 4.31 Å². The highest BCUT2D eigenvalue weighted by molar-refractivity contribution is 7.89. The number of fused-ring (bicyclic) bond motifs is 1. The lowest BCUT2D eigenvalue weighted by Crippen LogP contribution is -2.57. The van der Waals surface area contributed by atoms with E-state index in [0.717, 1.165) is 31.6 Å². The molecule has 3 aliphatic heterocycles. The molecule has 9 nitrogen and oxygen atoms in total. The molecule has 1 amide bonds. The molecule has 3 aliphatic rings. The number of hydrogen-bond acceptors (Lipinski definition) is 7. The van der Waals surface area contributed by atoms with Gasteiger partial charge in [-0.25, -0.2) is 8.42 Å². The van der Waals surface area contributed by atoms with Gasteiger partial charge in [0.25, 0.3) is 0 Å². The predicted octanol–water partition coefficient (Wildman–Crippen LogP) is 2.07. The Morgan fingerprint density at radius 3 is 2.56 bits per heavy atom. The monoisotopic (exact) mass is 557 g/mol. The van der Waals surface area contributed by atoms with Gasteiger partial charge in [0.1, 0.15) is 0 Å². The second kappa shape index (κ2) is 12.4. The molecule has 2 aromatic rings. The molecule has 5 rings (SSSR count). The number of carbonyl (C=O) groups excluding carboxylic acids is 1. The Bertz CT molecular complexity index is 1210. The minimum Gasteiger partial charge on any atom is -0.389 e. The third-order valence-electron chi connectivity index (χ3n) is 7.86. The Morgan fingerprint density at radius 2 is 1.79 bits per heavy atom. The first-order valence-corrected chi connectivity index (χ1v) is 15.3. The van der Waals surface area contributed by atoms with Gasteiger partial charge in [-0.1, -0.05) is 48.0 Å². The highest BCUT2D eigenvalue weighted by Gasteiger charge is 2.43. The second-order valence-corrected chi connectivity index (χ2v) is 12.9. The lowest BCUT2D eigenvalue weighted by atomic mass is 9.96. The van der Waals surface area contributed by atoms with Gasteiger partial charge in [-0.15, -0.1) is 0 Å². The first-order chi connectivity index (χ1) is 18.8. The maximum Gasteiger partial charge on any atom is 0.243 e. The molecule has 39 heavy (non-hydrogen) atoms. The van der Waals surface area contributed by atoms with Crippen LogP contribution >= 0.6 is 0 Å². The number of nitrogens with zero attached hydrogens (tertiary/aromatic N) is 2. The van der Waals surface area contributed by atoms with E-state index in [4.69, 9.17) is 9.47 Å². The first kappa shape index (κ1) is 28.2. The van der Waals surface area contributed by atoms with E-state index in [9.17, 15) is 18.3 Å². The van der Waals surface area contributed by atoms with Gasteiger partial charge in [0.15, 0.2) is 0 Å². The maximum absolute atomic E-state index is 13.6. The normalized spacial score (nSPS) is 28.8. The van der Waals surface area contributed by atoms with E-state index in [0.29, 0.717) is 12.8 Å². The van der Waals surface area contributed by atoms with Crippen molar-refractivity contribution in [1.82, 2.24) is 14.5 Å². The summed E-state index contributed by atoms with van der Waals surface area (Å²) in [4.78, 5) is 15.5. The van der Waals surface area contributed by atoms with Crippen molar-refractivity contribution in [2.75, 3.05) is 32.8 Å². The number of benzene rings is 2. The summed E-state index contributed by atoms with van der Waals surface area (Å²) in [6.45, 7) is 4.67. The van der Waals surface area contributed by atoms with Crippen molar-refractivity contribution in [3.63, 3.8) is 0 Å². The van der Waals surface area contributed by atoms with E-state index in [1.165, 1.54) is 9.87 Å². The quantitative estimate of drug-likeness (QED) is 0.537. The number of likely N-dealkylation sites (tertiary alicyclic amines) is 1. The third kappa shape index (κ3) is 7.06. The fourth-order valence-electron chi connectivity index (χ4n) is 5.85. The lowest BCUT2D eigenvalue weighted by Gasteiger charge is -2.43. The summed E-state index contributed by atoms with van der Waals surface area (Å²) in [5, 5.41) is 13.6. The van der Waals surface area contributed by atoms with E-state index < -0.39 is 28.3 Å². The largest absolute Gasteiger partial charge is 0.389 e. The zero-order valence-corrected chi connectivity index (χ0v) is 23.3. The molecule has 2 N–H and O–H groups in total. The Morgan fingerprint density at radius 1 is 1.03 bits per heavy atom. The highest BCUT2D eigenvalue weighted by Crippen LogP contribution is 2.31. The topological polar surface area (TPSA) is 108 Å². The minimum absolute atomic E-state index is 0.0266. The number of ether oxygens (including phenoxy) is 2. The van der Waals surface area contributed by atoms with Crippen molar-refractivity contribution in [2.24, 2.45) is 0 Å². The molecule has 0 spiro atoms. The van der Waals surface area contributed by atoms with E-state index in [-0.39, 0.29) is 49.1 Å². The average molecular weight is 558 g/mol. The summed E-state index contributed by atoms with van der Waals surface area (Å²) >= 11 is 0. The number of aryl methyl sites for hydroxylation is 1. The van der Waals surface area contributed by atoms with Crippen LogP contribution in [0.5, 0.6) is 0 Å². The summed E-state index contributed by atoms with van der Waals surface area (Å²) in [6, 6.07) is 16.7. The van der Waals surface area contributed by atoms with Gasteiger partial charge >= 0.3 is 0 Å². The predicted molar refractivity (Wildman–Crippen MR) is 146 cm³/mol. The van der Waals surface area contributed by atoms with Crippen molar-refractivity contribution < 1.29 is 27.8 Å². The molecule has 3 heterocycles. The van der Waals surface area contributed by atoms with Gasteiger partial charge in [0.2, 0.25) is 15.9 Å². The molecular weight excluding hydrogens is 518 g/mol. The molecule has 5 atom stereocenters. The molecule has 212 valence electrons. The summed E-state index contributed by atoms with van der Waals surface area (Å²) in [6.07, 6.45) is 0.459. The Labute approximate surface area is 231 Å². The van der Waals surface area contributed by atoms with Crippen LogP contribution in [0.2, 0.25) is 0 Å². The van der Waals surface area contributed by atoms with Crippen LogP contribution in [0.25, 0.3) is 0 Å².